The lowest BCUT2D eigenvalue weighted by Gasteiger charge is -2.18. The first-order valence-corrected chi connectivity index (χ1v) is 8.08. The molecule has 2 aromatic heterocycles. The number of fused-ring (bicyclic) bond motifs is 1. The van der Waals surface area contributed by atoms with E-state index in [9.17, 15) is 0 Å². The van der Waals surface area contributed by atoms with Gasteiger partial charge < -0.3 is 4.90 Å². The molecule has 0 unspecified atom stereocenters. The summed E-state index contributed by atoms with van der Waals surface area (Å²) < 4.78 is 0. The largest absolute Gasteiger partial charge is 0.354 e. The second-order valence-electron chi connectivity index (χ2n) is 5.87. The summed E-state index contributed by atoms with van der Waals surface area (Å²) in [7, 11) is 2.03. The van der Waals surface area contributed by atoms with Crippen LogP contribution in [0.5, 0.6) is 0 Å². The van der Waals surface area contributed by atoms with Crippen LogP contribution in [0.1, 0.15) is 5.56 Å². The van der Waals surface area contributed by atoms with E-state index >= 15 is 0 Å². The maximum absolute atomic E-state index is 4.74. The Bertz CT molecular complexity index is 987. The molecule has 5 nitrogen and oxygen atoms in total. The van der Waals surface area contributed by atoms with Gasteiger partial charge in [-0.05, 0) is 23.8 Å². The monoisotopic (exact) mass is 327 g/mol. The van der Waals surface area contributed by atoms with Crippen LogP contribution in [0, 0.1) is 0 Å². The molecule has 2 heterocycles. The van der Waals surface area contributed by atoms with Crippen LogP contribution in [0.3, 0.4) is 0 Å². The van der Waals surface area contributed by atoms with Crippen molar-refractivity contribution in [2.75, 3.05) is 11.9 Å². The van der Waals surface area contributed by atoms with E-state index in [4.69, 9.17) is 4.98 Å². The standard InChI is InChI=1S/C20H17N5/c1-25(13-15-5-3-2-4-6-15)20-12-22-19-11-16(7-8-18(19)24-20)17-9-10-21-14-23-17/h2-12,14H,13H2,1H3. The molecule has 0 aliphatic carbocycles. The Labute approximate surface area is 146 Å². The molecule has 0 saturated carbocycles. The minimum atomic E-state index is 0.792. The maximum Gasteiger partial charge on any atom is 0.147 e. The van der Waals surface area contributed by atoms with Gasteiger partial charge in [0.25, 0.3) is 0 Å². The van der Waals surface area contributed by atoms with E-state index in [0.717, 1.165) is 34.7 Å². The first-order valence-electron chi connectivity index (χ1n) is 8.08. The Morgan fingerprint density at radius 3 is 2.60 bits per heavy atom. The van der Waals surface area contributed by atoms with Crippen molar-refractivity contribution in [1.82, 2.24) is 19.9 Å². The number of hydrogen-bond donors (Lipinski definition) is 0. The molecule has 0 spiro atoms. The van der Waals surface area contributed by atoms with Gasteiger partial charge in [-0.2, -0.15) is 0 Å². The van der Waals surface area contributed by atoms with E-state index in [-0.39, 0.29) is 0 Å². The topological polar surface area (TPSA) is 54.8 Å². The molecule has 2 aromatic carbocycles. The number of hydrogen-bond acceptors (Lipinski definition) is 5. The molecule has 0 radical (unpaired) electrons. The van der Waals surface area contributed by atoms with Crippen LogP contribution < -0.4 is 4.90 Å². The molecule has 122 valence electrons. The number of aromatic nitrogens is 4. The van der Waals surface area contributed by atoms with Crippen LogP contribution in [0.15, 0.2) is 73.3 Å². The summed E-state index contributed by atoms with van der Waals surface area (Å²) in [5.41, 5.74) is 4.85. The van der Waals surface area contributed by atoms with Gasteiger partial charge in [-0.25, -0.2) is 15.0 Å². The number of rotatable bonds is 4. The number of benzene rings is 2. The molecule has 4 rings (SSSR count). The highest BCUT2D eigenvalue weighted by atomic mass is 15.2. The summed E-state index contributed by atoms with van der Waals surface area (Å²) >= 11 is 0. The molecule has 0 saturated heterocycles. The van der Waals surface area contributed by atoms with E-state index in [0.29, 0.717) is 0 Å². The normalized spacial score (nSPS) is 10.8. The first-order chi connectivity index (χ1) is 12.3. The SMILES string of the molecule is CN(Cc1ccccc1)c1cnc2cc(-c3ccncn3)ccc2n1. The van der Waals surface area contributed by atoms with Gasteiger partial charge in [0, 0.05) is 25.4 Å². The van der Waals surface area contributed by atoms with Gasteiger partial charge in [-0.1, -0.05) is 36.4 Å². The fourth-order valence-corrected chi connectivity index (χ4v) is 2.74. The average molecular weight is 327 g/mol. The van der Waals surface area contributed by atoms with Crippen molar-refractivity contribution < 1.29 is 0 Å². The smallest absolute Gasteiger partial charge is 0.147 e. The molecule has 0 N–H and O–H groups in total. The van der Waals surface area contributed by atoms with Crippen molar-refractivity contribution in [3.8, 4) is 11.3 Å². The highest BCUT2D eigenvalue weighted by molar-refractivity contribution is 5.81. The minimum absolute atomic E-state index is 0.792. The van der Waals surface area contributed by atoms with Gasteiger partial charge in [-0.3, -0.25) is 4.98 Å². The zero-order chi connectivity index (χ0) is 17.1. The van der Waals surface area contributed by atoms with Crippen molar-refractivity contribution in [3.63, 3.8) is 0 Å². The molecule has 0 aliphatic heterocycles. The van der Waals surface area contributed by atoms with Crippen molar-refractivity contribution in [3.05, 3.63) is 78.9 Å². The summed E-state index contributed by atoms with van der Waals surface area (Å²) in [4.78, 5) is 19.7. The maximum atomic E-state index is 4.74. The predicted molar refractivity (Wildman–Crippen MR) is 99.1 cm³/mol. The summed E-state index contributed by atoms with van der Waals surface area (Å²) in [5, 5.41) is 0. The van der Waals surface area contributed by atoms with E-state index in [2.05, 4.69) is 32.0 Å². The van der Waals surface area contributed by atoms with Crippen molar-refractivity contribution in [2.24, 2.45) is 0 Å². The summed E-state index contributed by atoms with van der Waals surface area (Å²) in [6, 6.07) is 18.2. The minimum Gasteiger partial charge on any atom is -0.354 e. The van der Waals surface area contributed by atoms with Crippen molar-refractivity contribution in [2.45, 2.75) is 6.54 Å². The molecular formula is C20H17N5. The molecule has 25 heavy (non-hydrogen) atoms. The summed E-state index contributed by atoms with van der Waals surface area (Å²) in [5.74, 6) is 0.853. The highest BCUT2D eigenvalue weighted by Crippen LogP contribution is 2.22. The van der Waals surface area contributed by atoms with Gasteiger partial charge >= 0.3 is 0 Å². The van der Waals surface area contributed by atoms with Crippen LogP contribution in [0.25, 0.3) is 22.3 Å². The number of nitrogens with zero attached hydrogens (tertiary/aromatic N) is 5. The second-order valence-corrected chi connectivity index (χ2v) is 5.87. The molecule has 0 aliphatic rings. The summed E-state index contributed by atoms with van der Waals surface area (Å²) in [6.45, 7) is 0.792. The van der Waals surface area contributed by atoms with E-state index in [1.54, 1.807) is 12.5 Å². The zero-order valence-corrected chi connectivity index (χ0v) is 13.9. The zero-order valence-electron chi connectivity index (χ0n) is 13.9. The van der Waals surface area contributed by atoms with E-state index in [1.165, 1.54) is 5.56 Å². The Hall–Kier alpha value is -3.34. The predicted octanol–water partition coefficient (Wildman–Crippen LogP) is 3.72. The molecule has 0 bridgehead atoms. The Morgan fingerprint density at radius 2 is 1.80 bits per heavy atom. The first kappa shape index (κ1) is 15.2. The lowest BCUT2D eigenvalue weighted by atomic mass is 10.1. The second kappa shape index (κ2) is 6.65. The highest BCUT2D eigenvalue weighted by Gasteiger charge is 2.07. The van der Waals surface area contributed by atoms with Crippen LogP contribution in [-0.4, -0.2) is 27.0 Å². The number of anilines is 1. The van der Waals surface area contributed by atoms with Crippen LogP contribution >= 0.6 is 0 Å². The van der Waals surface area contributed by atoms with Gasteiger partial charge in [0.05, 0.1) is 22.9 Å². The molecular weight excluding hydrogens is 310 g/mol. The van der Waals surface area contributed by atoms with Crippen molar-refractivity contribution in [1.29, 1.82) is 0 Å². The van der Waals surface area contributed by atoms with Gasteiger partial charge in [0.1, 0.15) is 12.1 Å². The fourth-order valence-electron chi connectivity index (χ4n) is 2.74. The van der Waals surface area contributed by atoms with Gasteiger partial charge in [0.2, 0.25) is 0 Å². The van der Waals surface area contributed by atoms with Crippen LogP contribution in [0.2, 0.25) is 0 Å². The molecule has 0 atom stereocenters. The van der Waals surface area contributed by atoms with Gasteiger partial charge in [0.15, 0.2) is 0 Å². The van der Waals surface area contributed by atoms with Crippen LogP contribution in [-0.2, 0) is 6.54 Å². The molecule has 0 amide bonds. The Morgan fingerprint density at radius 1 is 0.920 bits per heavy atom. The fraction of sp³-hybridized carbons (Fsp3) is 0.100. The van der Waals surface area contributed by atoms with E-state index in [1.807, 2.05) is 55.7 Å². The lowest BCUT2D eigenvalue weighted by molar-refractivity contribution is 0.897. The third-order valence-corrected chi connectivity index (χ3v) is 4.06. The van der Waals surface area contributed by atoms with E-state index < -0.39 is 0 Å². The Kier molecular flexibility index (Phi) is 4.04. The quantitative estimate of drug-likeness (QED) is 0.572. The van der Waals surface area contributed by atoms with Crippen molar-refractivity contribution >= 4 is 16.9 Å². The third kappa shape index (κ3) is 3.30. The molecule has 0 fully saturated rings. The summed E-state index contributed by atoms with van der Waals surface area (Å²) in [6.07, 6.45) is 5.10. The Balaban J connectivity index is 1.62. The molecule has 5 heteroatoms. The average Bonchev–Trinajstić information content (AvgIpc) is 2.68. The van der Waals surface area contributed by atoms with Gasteiger partial charge in [-0.15, -0.1) is 0 Å². The molecule has 4 aromatic rings. The van der Waals surface area contributed by atoms with Crippen LogP contribution in [0.4, 0.5) is 5.82 Å². The third-order valence-electron chi connectivity index (χ3n) is 4.06. The lowest BCUT2D eigenvalue weighted by Crippen LogP contribution is -2.17.